The number of benzene rings is 3. The Morgan fingerprint density at radius 3 is 2.46 bits per heavy atom. The Kier molecular flexibility index (Phi) is 7.11. The quantitative estimate of drug-likeness (QED) is 0.317. The van der Waals surface area contributed by atoms with E-state index in [2.05, 4.69) is 6.07 Å². The first-order valence-corrected chi connectivity index (χ1v) is 14.5. The van der Waals surface area contributed by atoms with Crippen molar-refractivity contribution < 1.29 is 17.6 Å². The number of hydrogen-bond donors (Lipinski definition) is 0. The highest BCUT2D eigenvalue weighted by molar-refractivity contribution is 7.89. The molecule has 1 aliphatic heterocycles. The summed E-state index contributed by atoms with van der Waals surface area (Å²) < 4.78 is 42.3. The van der Waals surface area contributed by atoms with E-state index in [0.29, 0.717) is 31.1 Å². The molecule has 0 radical (unpaired) electrons. The molecule has 1 aliphatic rings. The summed E-state index contributed by atoms with van der Waals surface area (Å²) in [6.07, 6.45) is 1.15. The zero-order valence-corrected chi connectivity index (χ0v) is 22.4. The van der Waals surface area contributed by atoms with E-state index in [1.165, 1.54) is 27.8 Å². The van der Waals surface area contributed by atoms with E-state index >= 15 is 0 Å². The maximum Gasteiger partial charge on any atom is 0.243 e. The van der Waals surface area contributed by atoms with Gasteiger partial charge in [0.2, 0.25) is 15.9 Å². The minimum atomic E-state index is -3.84. The molecule has 0 bridgehead atoms. The van der Waals surface area contributed by atoms with Crippen LogP contribution in [0.2, 0.25) is 0 Å². The van der Waals surface area contributed by atoms with Gasteiger partial charge < -0.3 is 0 Å². The standard InChI is InChI=1S/C28H28FN3O3S2/c1-19-10-11-20(2)26-25(19)30-28(36-26)32(17-21-7-4-3-5-8-21)27(33)22-9-6-16-31(18-22)37(34,35)24-14-12-23(29)13-15-24/h3-5,7-8,10-15,22H,6,9,16-18H2,1-2H3. The van der Waals surface area contributed by atoms with E-state index in [-0.39, 0.29) is 17.3 Å². The largest absolute Gasteiger partial charge is 0.283 e. The van der Waals surface area contributed by atoms with E-state index in [9.17, 15) is 17.6 Å². The van der Waals surface area contributed by atoms with Crippen LogP contribution >= 0.6 is 11.3 Å². The van der Waals surface area contributed by atoms with Crippen molar-refractivity contribution in [3.63, 3.8) is 0 Å². The number of carbonyl (C=O) groups is 1. The summed E-state index contributed by atoms with van der Waals surface area (Å²) in [6, 6.07) is 18.6. The fraction of sp³-hybridized carbons (Fsp3) is 0.286. The van der Waals surface area contributed by atoms with Crippen molar-refractivity contribution in [1.82, 2.24) is 9.29 Å². The van der Waals surface area contributed by atoms with Crippen LogP contribution in [0.15, 0.2) is 71.6 Å². The molecular formula is C28H28FN3O3S2. The van der Waals surface area contributed by atoms with Gasteiger partial charge in [0.15, 0.2) is 5.13 Å². The number of hydrogen-bond acceptors (Lipinski definition) is 5. The van der Waals surface area contributed by atoms with Crippen LogP contribution in [0.25, 0.3) is 10.2 Å². The predicted molar refractivity (Wildman–Crippen MR) is 145 cm³/mol. The molecule has 37 heavy (non-hydrogen) atoms. The van der Waals surface area contributed by atoms with Gasteiger partial charge in [0, 0.05) is 13.1 Å². The molecule has 192 valence electrons. The molecule has 1 amide bonds. The summed E-state index contributed by atoms with van der Waals surface area (Å²) in [7, 11) is -3.84. The van der Waals surface area contributed by atoms with Gasteiger partial charge in [-0.15, -0.1) is 0 Å². The SMILES string of the molecule is Cc1ccc(C)c2sc(N(Cc3ccccc3)C(=O)C3CCCN(S(=O)(=O)c4ccc(F)cc4)C3)nc12. The molecule has 1 fully saturated rings. The number of anilines is 1. The number of piperidine rings is 1. The molecule has 1 unspecified atom stereocenters. The molecular weight excluding hydrogens is 509 g/mol. The highest BCUT2D eigenvalue weighted by Crippen LogP contribution is 2.35. The van der Waals surface area contributed by atoms with Gasteiger partial charge in [-0.1, -0.05) is 53.8 Å². The van der Waals surface area contributed by atoms with Crippen LogP contribution in [-0.4, -0.2) is 36.7 Å². The first-order chi connectivity index (χ1) is 17.7. The Hall–Kier alpha value is -3.14. The number of carbonyl (C=O) groups excluding carboxylic acids is 1. The molecule has 0 spiro atoms. The van der Waals surface area contributed by atoms with Gasteiger partial charge in [-0.05, 0) is 67.6 Å². The van der Waals surface area contributed by atoms with Gasteiger partial charge in [-0.3, -0.25) is 9.69 Å². The van der Waals surface area contributed by atoms with Gasteiger partial charge in [0.25, 0.3) is 0 Å². The number of rotatable bonds is 6. The summed E-state index contributed by atoms with van der Waals surface area (Å²) in [5.41, 5.74) is 4.00. The van der Waals surface area contributed by atoms with E-state index in [0.717, 1.165) is 39.0 Å². The third-order valence-electron chi connectivity index (χ3n) is 6.80. The molecule has 4 aromatic rings. The molecule has 0 saturated carbocycles. The minimum Gasteiger partial charge on any atom is -0.283 e. The second kappa shape index (κ2) is 10.3. The van der Waals surface area contributed by atoms with Crippen molar-refractivity contribution in [3.8, 4) is 0 Å². The van der Waals surface area contributed by atoms with Crippen LogP contribution < -0.4 is 4.90 Å². The maximum atomic E-state index is 14.0. The Labute approximate surface area is 220 Å². The molecule has 2 heterocycles. The average molecular weight is 538 g/mol. The Morgan fingerprint density at radius 1 is 1.05 bits per heavy atom. The second-order valence-electron chi connectivity index (χ2n) is 9.44. The predicted octanol–water partition coefficient (Wildman–Crippen LogP) is 5.69. The second-order valence-corrected chi connectivity index (χ2v) is 12.4. The van der Waals surface area contributed by atoms with Crippen LogP contribution in [0.1, 0.15) is 29.5 Å². The maximum absolute atomic E-state index is 14.0. The molecule has 0 aliphatic carbocycles. The lowest BCUT2D eigenvalue weighted by atomic mass is 9.98. The van der Waals surface area contributed by atoms with Crippen molar-refractivity contribution in [2.75, 3.05) is 18.0 Å². The first-order valence-electron chi connectivity index (χ1n) is 12.2. The minimum absolute atomic E-state index is 0.0280. The van der Waals surface area contributed by atoms with E-state index in [1.54, 1.807) is 4.90 Å². The lowest BCUT2D eigenvalue weighted by molar-refractivity contribution is -0.123. The number of thiazole rings is 1. The number of nitrogens with zero attached hydrogens (tertiary/aromatic N) is 3. The van der Waals surface area contributed by atoms with Crippen molar-refractivity contribution in [2.24, 2.45) is 5.92 Å². The third kappa shape index (κ3) is 5.16. The normalized spacial score (nSPS) is 16.7. The highest BCUT2D eigenvalue weighted by atomic mass is 32.2. The molecule has 1 saturated heterocycles. The van der Waals surface area contributed by atoms with E-state index in [1.807, 2.05) is 50.2 Å². The number of aryl methyl sites for hydroxylation is 2. The number of fused-ring (bicyclic) bond motifs is 1. The van der Waals surface area contributed by atoms with Crippen molar-refractivity contribution >= 4 is 42.6 Å². The van der Waals surface area contributed by atoms with E-state index in [4.69, 9.17) is 4.98 Å². The first kappa shape index (κ1) is 25.5. The lowest BCUT2D eigenvalue weighted by Crippen LogP contribution is -2.46. The smallest absolute Gasteiger partial charge is 0.243 e. The van der Waals surface area contributed by atoms with Crippen molar-refractivity contribution in [2.45, 2.75) is 38.1 Å². The van der Waals surface area contributed by atoms with Gasteiger partial charge in [0.05, 0.1) is 27.6 Å². The fourth-order valence-electron chi connectivity index (χ4n) is 4.71. The van der Waals surface area contributed by atoms with Crippen LogP contribution in [0.3, 0.4) is 0 Å². The zero-order chi connectivity index (χ0) is 26.2. The molecule has 0 N–H and O–H groups in total. The average Bonchev–Trinajstić information content (AvgIpc) is 3.37. The van der Waals surface area contributed by atoms with Crippen LogP contribution in [-0.2, 0) is 21.4 Å². The molecule has 5 rings (SSSR count). The molecule has 3 aromatic carbocycles. The molecule has 6 nitrogen and oxygen atoms in total. The number of amides is 1. The number of sulfonamides is 1. The summed E-state index contributed by atoms with van der Waals surface area (Å²) in [4.78, 5) is 20.6. The van der Waals surface area contributed by atoms with Gasteiger partial charge in [0.1, 0.15) is 5.82 Å². The third-order valence-corrected chi connectivity index (χ3v) is 9.89. The Bertz CT molecular complexity index is 1500. The van der Waals surface area contributed by atoms with Crippen molar-refractivity contribution in [3.05, 3.63) is 89.2 Å². The van der Waals surface area contributed by atoms with Gasteiger partial charge in [-0.25, -0.2) is 17.8 Å². The highest BCUT2D eigenvalue weighted by Gasteiger charge is 2.36. The Morgan fingerprint density at radius 2 is 1.76 bits per heavy atom. The van der Waals surface area contributed by atoms with Gasteiger partial charge in [-0.2, -0.15) is 4.31 Å². The van der Waals surface area contributed by atoms with Gasteiger partial charge >= 0.3 is 0 Å². The van der Waals surface area contributed by atoms with Crippen molar-refractivity contribution in [1.29, 1.82) is 0 Å². The summed E-state index contributed by atoms with van der Waals surface area (Å²) in [5, 5.41) is 0.611. The molecule has 9 heteroatoms. The summed E-state index contributed by atoms with van der Waals surface area (Å²) in [5.74, 6) is -1.15. The number of aromatic nitrogens is 1. The van der Waals surface area contributed by atoms with Crippen LogP contribution in [0.5, 0.6) is 0 Å². The summed E-state index contributed by atoms with van der Waals surface area (Å²) in [6.45, 7) is 4.79. The molecule has 1 aromatic heterocycles. The van der Waals surface area contributed by atoms with E-state index < -0.39 is 21.8 Å². The fourth-order valence-corrected chi connectivity index (χ4v) is 7.35. The van der Waals surface area contributed by atoms with Crippen LogP contribution in [0.4, 0.5) is 9.52 Å². The number of halogens is 1. The zero-order valence-electron chi connectivity index (χ0n) is 20.7. The topological polar surface area (TPSA) is 70.6 Å². The summed E-state index contributed by atoms with van der Waals surface area (Å²) >= 11 is 1.49. The lowest BCUT2D eigenvalue weighted by Gasteiger charge is -2.33. The van der Waals surface area contributed by atoms with Crippen LogP contribution in [0, 0.1) is 25.6 Å². The Balaban J connectivity index is 1.47. The monoisotopic (exact) mass is 537 g/mol. The molecule has 1 atom stereocenters.